The molecular weight excluding hydrogens is 184 g/mol. The summed E-state index contributed by atoms with van der Waals surface area (Å²) in [6.45, 7) is 0.357. The van der Waals surface area contributed by atoms with Crippen molar-refractivity contribution in [2.45, 2.75) is 6.54 Å². The van der Waals surface area contributed by atoms with Gasteiger partial charge in [-0.25, -0.2) is 0 Å². The number of hydrogen-bond acceptors (Lipinski definition) is 4. The van der Waals surface area contributed by atoms with Crippen LogP contribution in [0.1, 0.15) is 5.69 Å². The van der Waals surface area contributed by atoms with E-state index in [2.05, 4.69) is 20.7 Å². The molecule has 0 bridgehead atoms. The van der Waals surface area contributed by atoms with Gasteiger partial charge in [-0.1, -0.05) is 0 Å². The number of carbonyl (C=O) groups is 1. The van der Waals surface area contributed by atoms with Gasteiger partial charge in [-0.2, -0.15) is 15.4 Å². The van der Waals surface area contributed by atoms with Gasteiger partial charge >= 0.3 is 5.97 Å². The Labute approximate surface area is 74.8 Å². The zero-order chi connectivity index (χ0) is 8.10. The minimum absolute atomic E-state index is 0. The van der Waals surface area contributed by atoms with Crippen molar-refractivity contribution in [1.29, 1.82) is 0 Å². The van der Waals surface area contributed by atoms with Gasteiger partial charge in [-0.05, 0) is 0 Å². The standard InChI is InChI=1S/C5H8N4O2.ClH/c10-5(11)3-6-1-4-2-7-9-8-4;/h2,6H,1,3H2,(H,10,11)(H,7,8,9);1H. The molecule has 6 nitrogen and oxygen atoms in total. The second-order valence-electron chi connectivity index (χ2n) is 1.96. The highest BCUT2D eigenvalue weighted by molar-refractivity contribution is 5.85. The summed E-state index contributed by atoms with van der Waals surface area (Å²) in [6, 6.07) is 0. The Morgan fingerprint density at radius 1 is 1.75 bits per heavy atom. The van der Waals surface area contributed by atoms with E-state index in [4.69, 9.17) is 5.11 Å². The molecule has 0 saturated carbocycles. The predicted octanol–water partition coefficient (Wildman–Crippen LogP) is -0.599. The topological polar surface area (TPSA) is 90.9 Å². The maximum Gasteiger partial charge on any atom is 0.317 e. The van der Waals surface area contributed by atoms with Gasteiger partial charge in [0.1, 0.15) is 0 Å². The van der Waals surface area contributed by atoms with Gasteiger partial charge in [0.25, 0.3) is 0 Å². The van der Waals surface area contributed by atoms with Crippen LogP contribution in [0.25, 0.3) is 0 Å². The van der Waals surface area contributed by atoms with Crippen molar-refractivity contribution in [3.05, 3.63) is 11.9 Å². The number of halogens is 1. The maximum absolute atomic E-state index is 10.0. The van der Waals surface area contributed by atoms with Crippen molar-refractivity contribution >= 4 is 18.4 Å². The fraction of sp³-hybridized carbons (Fsp3) is 0.400. The quantitative estimate of drug-likeness (QED) is 0.593. The summed E-state index contributed by atoms with van der Waals surface area (Å²) >= 11 is 0. The van der Waals surface area contributed by atoms with Gasteiger partial charge in [0, 0.05) is 6.54 Å². The van der Waals surface area contributed by atoms with Crippen molar-refractivity contribution in [1.82, 2.24) is 20.7 Å². The largest absolute Gasteiger partial charge is 0.480 e. The molecule has 0 atom stereocenters. The molecule has 0 aliphatic heterocycles. The number of nitrogens with one attached hydrogen (secondary N) is 2. The van der Waals surface area contributed by atoms with Gasteiger partial charge in [0.05, 0.1) is 18.4 Å². The Kier molecular flexibility index (Phi) is 4.98. The molecule has 0 saturated heterocycles. The third-order valence-corrected chi connectivity index (χ3v) is 1.05. The first-order valence-electron chi connectivity index (χ1n) is 3.06. The number of aromatic nitrogens is 3. The lowest BCUT2D eigenvalue weighted by Crippen LogP contribution is -2.21. The molecule has 0 amide bonds. The van der Waals surface area contributed by atoms with E-state index in [0.29, 0.717) is 12.2 Å². The first kappa shape index (κ1) is 10.9. The molecule has 3 N–H and O–H groups in total. The number of H-pyrrole nitrogens is 1. The monoisotopic (exact) mass is 192 g/mol. The minimum Gasteiger partial charge on any atom is -0.480 e. The molecular formula is C5H9ClN4O2. The van der Waals surface area contributed by atoms with E-state index in [0.717, 1.165) is 0 Å². The number of carboxylic acids is 1. The van der Waals surface area contributed by atoms with Crippen molar-refractivity contribution in [3.8, 4) is 0 Å². The van der Waals surface area contributed by atoms with Crippen LogP contribution < -0.4 is 5.32 Å². The molecule has 1 aromatic heterocycles. The predicted molar refractivity (Wildman–Crippen MR) is 43.0 cm³/mol. The smallest absolute Gasteiger partial charge is 0.317 e. The van der Waals surface area contributed by atoms with Gasteiger partial charge in [-0.3, -0.25) is 4.79 Å². The van der Waals surface area contributed by atoms with Crippen LogP contribution in [0.2, 0.25) is 0 Å². The molecule has 0 fully saturated rings. The van der Waals surface area contributed by atoms with E-state index in [1.165, 1.54) is 6.20 Å². The Balaban J connectivity index is 0.00000121. The fourth-order valence-electron chi connectivity index (χ4n) is 0.608. The molecule has 0 aliphatic rings. The van der Waals surface area contributed by atoms with Gasteiger partial charge in [-0.15, -0.1) is 12.4 Å². The third-order valence-electron chi connectivity index (χ3n) is 1.05. The fourth-order valence-corrected chi connectivity index (χ4v) is 0.608. The lowest BCUT2D eigenvalue weighted by molar-refractivity contribution is -0.135. The number of carboxylic acid groups (broad SMARTS) is 1. The van der Waals surface area contributed by atoms with Crippen LogP contribution in [0, 0.1) is 0 Å². The van der Waals surface area contributed by atoms with E-state index >= 15 is 0 Å². The summed E-state index contributed by atoms with van der Waals surface area (Å²) in [5.41, 5.74) is 0.700. The number of aromatic amines is 1. The lowest BCUT2D eigenvalue weighted by atomic mass is 10.4. The lowest BCUT2D eigenvalue weighted by Gasteiger charge is -1.95. The zero-order valence-corrected chi connectivity index (χ0v) is 6.97. The van der Waals surface area contributed by atoms with E-state index < -0.39 is 5.97 Å². The number of aliphatic carboxylic acids is 1. The Hall–Kier alpha value is -1.14. The molecule has 1 rings (SSSR count). The third kappa shape index (κ3) is 3.89. The zero-order valence-electron chi connectivity index (χ0n) is 6.15. The number of rotatable bonds is 4. The molecule has 7 heteroatoms. The van der Waals surface area contributed by atoms with E-state index in [1.54, 1.807) is 0 Å². The number of nitrogens with zero attached hydrogens (tertiary/aromatic N) is 2. The van der Waals surface area contributed by atoms with Crippen LogP contribution in [0.3, 0.4) is 0 Å². The highest BCUT2D eigenvalue weighted by atomic mass is 35.5. The van der Waals surface area contributed by atoms with Crippen molar-refractivity contribution < 1.29 is 9.90 Å². The van der Waals surface area contributed by atoms with E-state index in [1.807, 2.05) is 0 Å². The van der Waals surface area contributed by atoms with Crippen molar-refractivity contribution in [3.63, 3.8) is 0 Å². The van der Waals surface area contributed by atoms with Crippen LogP contribution >= 0.6 is 12.4 Å². The van der Waals surface area contributed by atoms with Crippen LogP contribution in [-0.4, -0.2) is 33.0 Å². The minimum atomic E-state index is -0.881. The molecule has 1 aromatic rings. The van der Waals surface area contributed by atoms with Crippen molar-refractivity contribution in [2.75, 3.05) is 6.54 Å². The normalized spacial score (nSPS) is 9.00. The molecule has 0 spiro atoms. The molecule has 0 aromatic carbocycles. The molecule has 12 heavy (non-hydrogen) atoms. The first-order chi connectivity index (χ1) is 5.29. The summed E-state index contributed by atoms with van der Waals surface area (Å²) in [7, 11) is 0. The Bertz CT molecular complexity index is 225. The SMILES string of the molecule is Cl.O=C(O)CNCc1cn[nH]n1. The molecule has 1 heterocycles. The first-order valence-corrected chi connectivity index (χ1v) is 3.06. The van der Waals surface area contributed by atoms with E-state index in [9.17, 15) is 4.79 Å². The van der Waals surface area contributed by atoms with Gasteiger partial charge in [0.2, 0.25) is 0 Å². The average Bonchev–Trinajstić information content (AvgIpc) is 2.39. The molecule has 0 radical (unpaired) electrons. The Morgan fingerprint density at radius 3 is 3.00 bits per heavy atom. The highest BCUT2D eigenvalue weighted by Crippen LogP contribution is 1.85. The molecule has 0 aliphatic carbocycles. The second-order valence-corrected chi connectivity index (χ2v) is 1.96. The summed E-state index contributed by atoms with van der Waals surface area (Å²) < 4.78 is 0. The second kappa shape index (κ2) is 5.50. The van der Waals surface area contributed by atoms with E-state index in [-0.39, 0.29) is 19.0 Å². The van der Waals surface area contributed by atoms with Crippen LogP contribution in [-0.2, 0) is 11.3 Å². The maximum atomic E-state index is 10.0. The summed E-state index contributed by atoms with van der Waals surface area (Å²) in [5.74, 6) is -0.881. The average molecular weight is 193 g/mol. The summed E-state index contributed by atoms with van der Waals surface area (Å²) in [5, 5.41) is 20.6. The Morgan fingerprint density at radius 2 is 2.50 bits per heavy atom. The van der Waals surface area contributed by atoms with Crippen LogP contribution in [0.15, 0.2) is 6.20 Å². The van der Waals surface area contributed by atoms with Crippen molar-refractivity contribution in [2.24, 2.45) is 0 Å². The number of hydrogen-bond donors (Lipinski definition) is 3. The highest BCUT2D eigenvalue weighted by Gasteiger charge is 1.97. The summed E-state index contributed by atoms with van der Waals surface area (Å²) in [4.78, 5) is 10.0. The summed E-state index contributed by atoms with van der Waals surface area (Å²) in [6.07, 6.45) is 1.54. The molecule has 0 unspecified atom stereocenters. The van der Waals surface area contributed by atoms with Crippen LogP contribution in [0.4, 0.5) is 0 Å². The van der Waals surface area contributed by atoms with Gasteiger partial charge in [0.15, 0.2) is 0 Å². The van der Waals surface area contributed by atoms with Crippen LogP contribution in [0.5, 0.6) is 0 Å². The van der Waals surface area contributed by atoms with Gasteiger partial charge < -0.3 is 10.4 Å². The molecule has 68 valence electrons.